The quantitative estimate of drug-likeness (QED) is 0.143. The summed E-state index contributed by atoms with van der Waals surface area (Å²) in [7, 11) is -14.1. The number of rotatable bonds is 6. The van der Waals surface area contributed by atoms with Crippen LogP contribution >= 0.6 is 0 Å². The number of aromatic nitrogens is 1. The summed E-state index contributed by atoms with van der Waals surface area (Å²) in [6.07, 6.45) is 0. The zero-order chi connectivity index (χ0) is 35.1. The van der Waals surface area contributed by atoms with Crippen molar-refractivity contribution in [3.8, 4) is 11.1 Å². The number of anilines is 3. The third-order valence-corrected chi connectivity index (χ3v) is 10.4. The molecule has 0 aliphatic heterocycles. The van der Waals surface area contributed by atoms with E-state index in [9.17, 15) is 53.3 Å². The number of nitrogens with two attached hydrogens (primary N) is 1. The summed E-state index contributed by atoms with van der Waals surface area (Å²) in [4.78, 5) is 39.2. The highest BCUT2D eigenvalue weighted by Gasteiger charge is 2.36. The van der Waals surface area contributed by atoms with Crippen molar-refractivity contribution in [2.24, 2.45) is 7.05 Å². The molecular weight excluding hydrogens is 691 g/mol. The molecule has 5 aromatic rings. The van der Waals surface area contributed by atoms with Crippen molar-refractivity contribution in [3.05, 3.63) is 106 Å². The van der Waals surface area contributed by atoms with Crippen LogP contribution in [0.25, 0.3) is 22.0 Å². The summed E-state index contributed by atoms with van der Waals surface area (Å²) in [5.74, 6) is -1.92. The number of pyridine rings is 1. The molecule has 0 atom stereocenters. The first kappa shape index (κ1) is 32.7. The minimum atomic E-state index is -5.46. The fourth-order valence-electron chi connectivity index (χ4n) is 5.66. The smallest absolute Gasteiger partial charge is 0.296 e. The zero-order valence-electron chi connectivity index (χ0n) is 24.2. The van der Waals surface area contributed by atoms with Gasteiger partial charge in [0.25, 0.3) is 41.8 Å². The Bertz CT molecular complexity index is 2690. The maximum absolute atomic E-state index is 14.5. The molecule has 0 bridgehead atoms. The second-order valence-corrected chi connectivity index (χ2v) is 14.8. The first-order valence-corrected chi connectivity index (χ1v) is 17.7. The van der Waals surface area contributed by atoms with Crippen LogP contribution in [-0.2, 0) is 37.4 Å². The van der Waals surface area contributed by atoms with Crippen molar-refractivity contribution in [2.75, 3.05) is 10.6 Å². The molecule has 48 heavy (non-hydrogen) atoms. The van der Waals surface area contributed by atoms with Gasteiger partial charge in [-0.1, -0.05) is 30.3 Å². The van der Waals surface area contributed by atoms with E-state index in [1.165, 1.54) is 35.9 Å². The Balaban J connectivity index is 1.79. The third kappa shape index (κ3) is 5.25. The van der Waals surface area contributed by atoms with Crippen molar-refractivity contribution in [3.63, 3.8) is 0 Å². The molecule has 1 aromatic heterocycles. The van der Waals surface area contributed by atoms with Crippen LogP contribution in [0.15, 0.2) is 98.3 Å². The molecule has 5 N–H and O–H groups in total. The van der Waals surface area contributed by atoms with Gasteiger partial charge >= 0.3 is 0 Å². The fourth-order valence-corrected chi connectivity index (χ4v) is 7.57. The van der Waals surface area contributed by atoms with Crippen LogP contribution in [-0.4, -0.2) is 55.2 Å². The molecule has 0 unspecified atom stereocenters. The van der Waals surface area contributed by atoms with Gasteiger partial charge in [0.15, 0.2) is 5.78 Å². The van der Waals surface area contributed by atoms with Crippen molar-refractivity contribution < 1.29 is 48.5 Å². The van der Waals surface area contributed by atoms with Gasteiger partial charge in [-0.05, 0) is 53.6 Å². The Morgan fingerprint density at radius 1 is 0.708 bits per heavy atom. The van der Waals surface area contributed by atoms with Crippen LogP contribution in [0.1, 0.15) is 26.3 Å². The van der Waals surface area contributed by atoms with E-state index in [1.807, 2.05) is 0 Å². The summed E-state index contributed by atoms with van der Waals surface area (Å²) in [6, 6.07) is 15.0. The van der Waals surface area contributed by atoms with Crippen LogP contribution in [0.3, 0.4) is 0 Å². The summed E-state index contributed by atoms with van der Waals surface area (Å²) < 4.78 is 104. The van der Waals surface area contributed by atoms with Gasteiger partial charge < -0.3 is 10.3 Å². The lowest BCUT2D eigenvalue weighted by molar-refractivity contribution is 0.0998. The van der Waals surface area contributed by atoms with Crippen LogP contribution in [0, 0.1) is 0 Å². The molecule has 1 aliphatic rings. The number of hydrogen-bond acceptors (Lipinski definition) is 10. The second kappa shape index (κ2) is 10.9. The molecule has 0 fully saturated rings. The Morgan fingerprint density at radius 2 is 1.35 bits per heavy atom. The van der Waals surface area contributed by atoms with Crippen LogP contribution in [0.5, 0.6) is 0 Å². The summed E-state index contributed by atoms with van der Waals surface area (Å²) in [6.45, 7) is 0. The Morgan fingerprint density at radius 3 is 1.98 bits per heavy atom. The molecule has 246 valence electrons. The van der Waals surface area contributed by atoms with E-state index >= 15 is 0 Å². The van der Waals surface area contributed by atoms with Crippen LogP contribution in [0.2, 0.25) is 0 Å². The van der Waals surface area contributed by atoms with Crippen molar-refractivity contribution in [2.45, 2.75) is 14.7 Å². The normalized spacial score (nSPS) is 13.0. The fraction of sp³-hybridized carbons (Fsp3) is 0.0333. The van der Waals surface area contributed by atoms with Gasteiger partial charge in [0.2, 0.25) is 0 Å². The van der Waals surface area contributed by atoms with Crippen molar-refractivity contribution >= 4 is 70.0 Å². The lowest BCUT2D eigenvalue weighted by atomic mass is 9.83. The van der Waals surface area contributed by atoms with Gasteiger partial charge in [-0.25, -0.2) is 0 Å². The Labute approximate surface area is 271 Å². The predicted molar refractivity (Wildman–Crippen MR) is 171 cm³/mol. The Hall–Kier alpha value is -5.24. The summed E-state index contributed by atoms with van der Waals surface area (Å²) in [5.41, 5.74) is 3.81. The highest BCUT2D eigenvalue weighted by Crippen LogP contribution is 2.46. The van der Waals surface area contributed by atoms with Crippen LogP contribution in [0.4, 0.5) is 17.1 Å². The van der Waals surface area contributed by atoms with Gasteiger partial charge in [0, 0.05) is 29.6 Å². The topological polar surface area (TPSA) is 249 Å². The molecule has 6 rings (SSSR count). The highest BCUT2D eigenvalue weighted by molar-refractivity contribution is 7.87. The molecule has 15 nitrogen and oxygen atoms in total. The van der Waals surface area contributed by atoms with Gasteiger partial charge in [-0.2, -0.15) is 25.3 Å². The number of benzene rings is 4. The number of nitrogens with zero attached hydrogens (tertiary/aromatic N) is 2. The van der Waals surface area contributed by atoms with E-state index in [-0.39, 0.29) is 33.3 Å². The highest BCUT2D eigenvalue weighted by atomic mass is 32.2. The van der Waals surface area contributed by atoms with Gasteiger partial charge in [0.05, 0.1) is 33.0 Å². The average molecular weight is 712 g/mol. The molecule has 18 heteroatoms. The van der Waals surface area contributed by atoms with Crippen molar-refractivity contribution in [1.82, 2.24) is 4.57 Å². The minimum Gasteiger partial charge on any atom is -0.398 e. The second-order valence-electron chi connectivity index (χ2n) is 10.6. The monoisotopic (exact) mass is 711 g/mol. The van der Waals surface area contributed by atoms with E-state index < -0.39 is 79.2 Å². The molecule has 1 heterocycles. The third-order valence-electron chi connectivity index (χ3n) is 7.79. The van der Waals surface area contributed by atoms with Gasteiger partial charge in [-0.15, -0.1) is 0 Å². The zero-order valence-corrected chi connectivity index (χ0v) is 26.7. The number of nitrogen functional groups attached to an aromatic ring is 1. The number of hydrogen-bond donors (Lipinski definition) is 4. The molecule has 0 radical (unpaired) electrons. The maximum Gasteiger partial charge on any atom is 0.296 e. The largest absolute Gasteiger partial charge is 0.398 e. The number of carbonyl (C=O) groups is 2. The average Bonchev–Trinajstić information content (AvgIpc) is 3.00. The first-order valence-electron chi connectivity index (χ1n) is 13.4. The van der Waals surface area contributed by atoms with E-state index in [2.05, 4.69) is 0 Å². The standard InChI is InChI=1S/C30H21N3O12S3/c1-32-21-9-10-22(28-27(21)19(12-26(32)34)17-7-2-3-8-18(17)29(28)35)33(30(36)15-5-4-6-16(11-15)46(37,38)39)23-13-20(31)24(47(40,41)42)14-25(23)48(43,44)45/h2-14H,31H2,1H3,(H,37,38,39)(H,40,41,42)(H,43,44,45). The molecule has 0 saturated carbocycles. The number of aryl methyl sites for hydroxylation is 1. The Kier molecular flexibility index (Phi) is 7.43. The number of ketones is 1. The van der Waals surface area contributed by atoms with E-state index in [0.29, 0.717) is 22.6 Å². The van der Waals surface area contributed by atoms with Gasteiger partial charge in [0.1, 0.15) is 9.79 Å². The lowest BCUT2D eigenvalue weighted by Crippen LogP contribution is -2.31. The number of carbonyl (C=O) groups excluding carboxylic acids is 2. The molecule has 4 aromatic carbocycles. The van der Waals surface area contributed by atoms with E-state index in [4.69, 9.17) is 5.73 Å². The number of fused-ring (bicyclic) bond motifs is 2. The van der Waals surface area contributed by atoms with Crippen molar-refractivity contribution in [1.29, 1.82) is 0 Å². The molecular formula is C30H21N3O12S3. The summed E-state index contributed by atoms with van der Waals surface area (Å²) in [5, 5.41) is 0.165. The molecule has 1 aliphatic carbocycles. The minimum absolute atomic E-state index is 0.101. The van der Waals surface area contributed by atoms with Crippen LogP contribution < -0.4 is 16.2 Å². The molecule has 0 spiro atoms. The van der Waals surface area contributed by atoms with E-state index in [1.54, 1.807) is 18.2 Å². The lowest BCUT2D eigenvalue weighted by Gasteiger charge is -2.30. The van der Waals surface area contributed by atoms with Gasteiger partial charge in [-0.3, -0.25) is 32.9 Å². The summed E-state index contributed by atoms with van der Waals surface area (Å²) >= 11 is 0. The maximum atomic E-state index is 14.5. The SMILES string of the molecule is Cn1c(=O)cc2c3c(c(N(C(=O)c4cccc(S(=O)(=O)O)c4)c4cc(N)c(S(=O)(=O)O)cc4S(=O)(=O)O)ccc31)C(=O)c1ccccc1-2. The first-order chi connectivity index (χ1) is 22.3. The number of amides is 1. The predicted octanol–water partition coefficient (Wildman–Crippen LogP) is 3.05. The van der Waals surface area contributed by atoms with E-state index in [0.717, 1.165) is 24.3 Å². The molecule has 0 saturated heterocycles. The molecule has 1 amide bonds.